The first-order chi connectivity index (χ1) is 7.33. The van der Waals surface area contributed by atoms with E-state index in [0.29, 0.717) is 0 Å². The van der Waals surface area contributed by atoms with E-state index in [9.17, 15) is 9.59 Å². The zero-order valence-corrected chi connectivity index (χ0v) is 11.0. The quantitative estimate of drug-likeness (QED) is 0.708. The molecular formula is C12H24N2O3. The maximum atomic E-state index is 10.4. The highest BCUT2D eigenvalue weighted by Crippen LogP contribution is 1.76. The lowest BCUT2D eigenvalue weighted by atomic mass is 10.4. The average molecular weight is 244 g/mol. The van der Waals surface area contributed by atoms with Crippen LogP contribution in [0.3, 0.4) is 0 Å². The van der Waals surface area contributed by atoms with E-state index in [1.54, 1.807) is 0 Å². The highest BCUT2D eigenvalue weighted by atomic mass is 16.2. The Kier molecular flexibility index (Phi) is 15.2. The lowest BCUT2D eigenvalue weighted by Gasteiger charge is -2.02. The van der Waals surface area contributed by atoms with Gasteiger partial charge in [0.05, 0.1) is 0 Å². The predicted molar refractivity (Wildman–Crippen MR) is 70.6 cm³/mol. The summed E-state index contributed by atoms with van der Waals surface area (Å²) in [5.41, 5.74) is 0. The molecule has 0 heterocycles. The fourth-order valence-corrected chi connectivity index (χ4v) is 0.687. The van der Waals surface area contributed by atoms with Gasteiger partial charge in [-0.25, -0.2) is 0 Å². The van der Waals surface area contributed by atoms with Crippen molar-refractivity contribution in [2.24, 2.45) is 0 Å². The number of hydrogen-bond acceptors (Lipinski definition) is 2. The molecule has 0 aromatic carbocycles. The highest BCUT2D eigenvalue weighted by molar-refractivity contribution is 5.87. The minimum Gasteiger partial charge on any atom is -0.412 e. The van der Waals surface area contributed by atoms with Crippen molar-refractivity contribution in [1.82, 2.24) is 10.6 Å². The summed E-state index contributed by atoms with van der Waals surface area (Å²) in [5, 5.41) is 5.27. The summed E-state index contributed by atoms with van der Waals surface area (Å²) in [7, 11) is 0. The molecule has 0 aliphatic carbocycles. The molecule has 0 radical (unpaired) electrons. The summed E-state index contributed by atoms with van der Waals surface area (Å²) in [6.07, 6.45) is 2.53. The molecule has 0 bridgehead atoms. The second-order valence-corrected chi connectivity index (χ2v) is 3.73. The fourth-order valence-electron chi connectivity index (χ4n) is 0.687. The molecule has 0 aromatic rings. The first-order valence-corrected chi connectivity index (χ1v) is 5.19. The molecule has 5 nitrogen and oxygen atoms in total. The molecule has 0 spiro atoms. The first-order valence-electron chi connectivity index (χ1n) is 5.19. The molecule has 0 saturated carbocycles. The zero-order chi connectivity index (χ0) is 13.1. The molecule has 0 rings (SSSR count). The van der Waals surface area contributed by atoms with E-state index >= 15 is 0 Å². The molecule has 0 aliphatic heterocycles. The van der Waals surface area contributed by atoms with Crippen LogP contribution < -0.4 is 10.6 Å². The molecule has 0 atom stereocenters. The molecule has 2 amide bonds. The smallest absolute Gasteiger partial charge is 0.243 e. The standard InChI is InChI=1S/2C6H11NO.H2O/c2*1-4-6(8)7-5(2)3;/h2*4-5H,1H2,2-3H3,(H,7,8);1H2. The number of amides is 2. The summed E-state index contributed by atoms with van der Waals surface area (Å²) >= 11 is 0. The molecule has 0 aliphatic rings. The zero-order valence-electron chi connectivity index (χ0n) is 11.0. The van der Waals surface area contributed by atoms with Gasteiger partial charge in [-0.15, -0.1) is 0 Å². The van der Waals surface area contributed by atoms with Gasteiger partial charge in [-0.3, -0.25) is 9.59 Å². The summed E-state index contributed by atoms with van der Waals surface area (Å²) < 4.78 is 0. The van der Waals surface area contributed by atoms with Crippen molar-refractivity contribution < 1.29 is 15.1 Å². The van der Waals surface area contributed by atoms with Crippen molar-refractivity contribution in [3.63, 3.8) is 0 Å². The van der Waals surface area contributed by atoms with Crippen molar-refractivity contribution >= 4 is 11.8 Å². The topological polar surface area (TPSA) is 89.7 Å². The molecule has 0 aromatic heterocycles. The third kappa shape index (κ3) is 20.5. The van der Waals surface area contributed by atoms with Crippen LogP contribution in [0.2, 0.25) is 0 Å². The minimum absolute atomic E-state index is 0. The van der Waals surface area contributed by atoms with Crippen LogP contribution in [0.1, 0.15) is 27.7 Å². The van der Waals surface area contributed by atoms with Crippen LogP contribution in [0.25, 0.3) is 0 Å². The van der Waals surface area contributed by atoms with Gasteiger partial charge in [0.2, 0.25) is 11.8 Å². The van der Waals surface area contributed by atoms with Crippen LogP contribution in [0, 0.1) is 0 Å². The lowest BCUT2D eigenvalue weighted by molar-refractivity contribution is -0.117. The van der Waals surface area contributed by atoms with Crippen molar-refractivity contribution in [3.05, 3.63) is 25.3 Å². The summed E-state index contributed by atoms with van der Waals surface area (Å²) in [6.45, 7) is 14.2. The number of hydrogen-bond donors (Lipinski definition) is 2. The Morgan fingerprint density at radius 1 is 0.882 bits per heavy atom. The minimum atomic E-state index is -0.111. The Morgan fingerprint density at radius 3 is 1.18 bits per heavy atom. The molecular weight excluding hydrogens is 220 g/mol. The maximum Gasteiger partial charge on any atom is 0.243 e. The maximum absolute atomic E-state index is 10.4. The highest BCUT2D eigenvalue weighted by Gasteiger charge is 1.94. The normalized spacial score (nSPS) is 8.35. The molecule has 4 N–H and O–H groups in total. The van der Waals surface area contributed by atoms with Crippen LogP contribution in [-0.2, 0) is 9.59 Å². The Labute approximate surface area is 103 Å². The number of nitrogens with one attached hydrogen (secondary N) is 2. The summed E-state index contributed by atoms with van der Waals surface area (Å²) in [6, 6.07) is 0.418. The monoisotopic (exact) mass is 244 g/mol. The van der Waals surface area contributed by atoms with E-state index in [1.165, 1.54) is 12.2 Å². The lowest BCUT2D eigenvalue weighted by Crippen LogP contribution is -2.27. The Hall–Kier alpha value is -1.62. The third-order valence-electron chi connectivity index (χ3n) is 1.23. The van der Waals surface area contributed by atoms with E-state index in [-0.39, 0.29) is 29.4 Å². The van der Waals surface area contributed by atoms with Gasteiger partial charge in [0.1, 0.15) is 0 Å². The van der Waals surface area contributed by atoms with Crippen LogP contribution in [-0.4, -0.2) is 29.4 Å². The summed E-state index contributed by atoms with van der Waals surface area (Å²) in [5.74, 6) is -0.222. The molecule has 17 heavy (non-hydrogen) atoms. The van der Waals surface area contributed by atoms with Gasteiger partial charge in [-0.1, -0.05) is 13.2 Å². The van der Waals surface area contributed by atoms with Gasteiger partial charge < -0.3 is 16.1 Å². The molecule has 0 fully saturated rings. The van der Waals surface area contributed by atoms with E-state index < -0.39 is 0 Å². The van der Waals surface area contributed by atoms with E-state index in [2.05, 4.69) is 23.8 Å². The van der Waals surface area contributed by atoms with Crippen LogP contribution in [0.4, 0.5) is 0 Å². The van der Waals surface area contributed by atoms with Gasteiger partial charge in [-0.05, 0) is 39.8 Å². The van der Waals surface area contributed by atoms with E-state index in [4.69, 9.17) is 0 Å². The van der Waals surface area contributed by atoms with Crippen LogP contribution in [0.15, 0.2) is 25.3 Å². The number of rotatable bonds is 4. The predicted octanol–water partition coefficient (Wildman–Crippen LogP) is 0.569. The number of carbonyl (C=O) groups excluding carboxylic acids is 2. The number of carbonyl (C=O) groups is 2. The summed E-state index contributed by atoms with van der Waals surface area (Å²) in [4.78, 5) is 20.8. The largest absolute Gasteiger partial charge is 0.412 e. The Balaban J connectivity index is -0.000000218. The second-order valence-electron chi connectivity index (χ2n) is 3.73. The van der Waals surface area contributed by atoms with Gasteiger partial charge in [0.15, 0.2) is 0 Å². The Bertz CT molecular complexity index is 222. The van der Waals surface area contributed by atoms with Crippen molar-refractivity contribution in [2.75, 3.05) is 0 Å². The molecule has 0 unspecified atom stereocenters. The molecule has 100 valence electrons. The second kappa shape index (κ2) is 12.4. The van der Waals surface area contributed by atoms with Gasteiger partial charge in [-0.2, -0.15) is 0 Å². The van der Waals surface area contributed by atoms with Gasteiger partial charge in [0.25, 0.3) is 0 Å². The fraction of sp³-hybridized carbons (Fsp3) is 0.500. The van der Waals surface area contributed by atoms with Gasteiger partial charge in [0, 0.05) is 12.1 Å². The first kappa shape index (κ1) is 20.8. The molecule has 5 heteroatoms. The SMILES string of the molecule is C=CC(=O)NC(C)C.C=CC(=O)NC(C)C.O. The van der Waals surface area contributed by atoms with Crippen molar-refractivity contribution in [2.45, 2.75) is 39.8 Å². The van der Waals surface area contributed by atoms with Crippen LogP contribution in [0.5, 0.6) is 0 Å². The van der Waals surface area contributed by atoms with Crippen LogP contribution >= 0.6 is 0 Å². The average Bonchev–Trinajstić information content (AvgIpc) is 2.16. The van der Waals surface area contributed by atoms with E-state index in [0.717, 1.165) is 0 Å². The molecule has 0 saturated heterocycles. The van der Waals surface area contributed by atoms with Crippen molar-refractivity contribution in [1.29, 1.82) is 0 Å². The third-order valence-corrected chi connectivity index (χ3v) is 1.23. The van der Waals surface area contributed by atoms with E-state index in [1.807, 2.05) is 27.7 Å². The Morgan fingerprint density at radius 2 is 1.12 bits per heavy atom. The van der Waals surface area contributed by atoms with Gasteiger partial charge >= 0.3 is 0 Å². The van der Waals surface area contributed by atoms with Crippen molar-refractivity contribution in [3.8, 4) is 0 Å².